The fraction of sp³-hybridized carbons (Fsp3) is 0.176. The van der Waals surface area contributed by atoms with Gasteiger partial charge in [-0.05, 0) is 18.1 Å². The maximum absolute atomic E-state index is 4.27. The van der Waals surface area contributed by atoms with Crippen molar-refractivity contribution in [3.05, 3.63) is 71.3 Å². The summed E-state index contributed by atoms with van der Waals surface area (Å²) in [4.78, 5) is 0. The molecule has 0 saturated heterocycles. The van der Waals surface area contributed by atoms with E-state index in [1.165, 1.54) is 16.7 Å². The van der Waals surface area contributed by atoms with Crippen molar-refractivity contribution < 1.29 is 0 Å². The molecule has 0 atom stereocenters. The third-order valence-electron chi connectivity index (χ3n) is 3.08. The van der Waals surface area contributed by atoms with Crippen molar-refractivity contribution >= 4 is 34.9 Å². The molecule has 112 valence electrons. The van der Waals surface area contributed by atoms with Crippen molar-refractivity contribution in [1.29, 1.82) is 0 Å². The summed E-state index contributed by atoms with van der Waals surface area (Å²) in [5, 5.41) is 8.54. The molecule has 1 aromatic heterocycles. The van der Waals surface area contributed by atoms with Gasteiger partial charge in [-0.3, -0.25) is 0 Å². The zero-order valence-electron chi connectivity index (χ0n) is 12.2. The molecule has 0 fully saturated rings. The van der Waals surface area contributed by atoms with Gasteiger partial charge < -0.3 is 0 Å². The molecule has 0 bridgehead atoms. The Hall–Kier alpha value is -1.30. The average Bonchev–Trinajstić information content (AvgIpc) is 3.01. The Morgan fingerprint density at radius 2 is 1.32 bits per heavy atom. The van der Waals surface area contributed by atoms with E-state index in [9.17, 15) is 0 Å². The van der Waals surface area contributed by atoms with Crippen molar-refractivity contribution in [2.75, 3.05) is 0 Å². The lowest BCUT2D eigenvalue weighted by Gasteiger charge is -1.99. The predicted octanol–water partition coefficient (Wildman–Crippen LogP) is 5.43. The van der Waals surface area contributed by atoms with Crippen LogP contribution in [-0.4, -0.2) is 10.2 Å². The van der Waals surface area contributed by atoms with Gasteiger partial charge in [0.05, 0.1) is 0 Å². The first-order valence-corrected chi connectivity index (χ1v) is 9.77. The van der Waals surface area contributed by atoms with Gasteiger partial charge in [0, 0.05) is 11.5 Å². The number of rotatable bonds is 6. The van der Waals surface area contributed by atoms with Crippen molar-refractivity contribution in [2.45, 2.75) is 27.1 Å². The Bertz CT molecular complexity index is 708. The summed E-state index contributed by atoms with van der Waals surface area (Å²) in [6.07, 6.45) is 0. The summed E-state index contributed by atoms with van der Waals surface area (Å²) in [7, 11) is 0. The van der Waals surface area contributed by atoms with E-state index in [1.807, 2.05) is 6.07 Å². The molecule has 1 heterocycles. The monoisotopic (exact) mass is 344 g/mol. The first kappa shape index (κ1) is 15.6. The van der Waals surface area contributed by atoms with Gasteiger partial charge in [-0.15, -0.1) is 10.2 Å². The Morgan fingerprint density at radius 3 is 1.91 bits per heavy atom. The highest BCUT2D eigenvalue weighted by Crippen LogP contribution is 2.32. The summed E-state index contributed by atoms with van der Waals surface area (Å²) in [5.74, 6) is 1.89. The Balaban J connectivity index is 1.51. The molecule has 3 rings (SSSR count). The highest BCUT2D eigenvalue weighted by atomic mass is 32.2. The molecule has 2 aromatic carbocycles. The standard InChI is InChI=1S/C17H16N2S3/c1-13-7-9-15(10-8-13)12-21-17-19-18-16(22-17)20-11-14-5-3-2-4-6-14/h2-10H,11-12H2,1H3. The third-order valence-corrected chi connectivity index (χ3v) is 6.41. The van der Waals surface area contributed by atoms with Gasteiger partial charge in [0.25, 0.3) is 0 Å². The van der Waals surface area contributed by atoms with E-state index < -0.39 is 0 Å². The van der Waals surface area contributed by atoms with Crippen molar-refractivity contribution in [3.63, 3.8) is 0 Å². The highest BCUT2D eigenvalue weighted by molar-refractivity contribution is 8.02. The summed E-state index contributed by atoms with van der Waals surface area (Å²) < 4.78 is 2.08. The van der Waals surface area contributed by atoms with E-state index in [0.29, 0.717) is 0 Å². The molecule has 0 aliphatic carbocycles. The van der Waals surface area contributed by atoms with Crippen LogP contribution in [0.5, 0.6) is 0 Å². The normalized spacial score (nSPS) is 10.8. The topological polar surface area (TPSA) is 25.8 Å². The maximum atomic E-state index is 4.27. The average molecular weight is 345 g/mol. The largest absolute Gasteiger partial charge is 0.175 e. The van der Waals surface area contributed by atoms with Crippen molar-refractivity contribution in [2.24, 2.45) is 0 Å². The van der Waals surface area contributed by atoms with Gasteiger partial charge in [-0.2, -0.15) is 0 Å². The molecule has 0 unspecified atom stereocenters. The molecule has 0 saturated carbocycles. The fourth-order valence-electron chi connectivity index (χ4n) is 1.86. The Labute approximate surface area is 143 Å². The fourth-order valence-corrected chi connectivity index (χ4v) is 4.79. The van der Waals surface area contributed by atoms with Crippen molar-refractivity contribution in [3.8, 4) is 0 Å². The van der Waals surface area contributed by atoms with Crippen LogP contribution in [0.2, 0.25) is 0 Å². The van der Waals surface area contributed by atoms with E-state index in [2.05, 4.69) is 65.7 Å². The number of nitrogens with zero attached hydrogens (tertiary/aromatic N) is 2. The lowest BCUT2D eigenvalue weighted by Crippen LogP contribution is -1.80. The minimum Gasteiger partial charge on any atom is -0.131 e. The van der Waals surface area contributed by atoms with Crippen LogP contribution in [0.25, 0.3) is 0 Å². The van der Waals surface area contributed by atoms with Gasteiger partial charge in [0.1, 0.15) is 0 Å². The quantitative estimate of drug-likeness (QED) is 0.557. The molecule has 0 aliphatic rings. The van der Waals surface area contributed by atoms with E-state index >= 15 is 0 Å². The molecular formula is C17H16N2S3. The number of hydrogen-bond donors (Lipinski definition) is 0. The molecule has 22 heavy (non-hydrogen) atoms. The van der Waals surface area contributed by atoms with Crippen LogP contribution in [0.3, 0.4) is 0 Å². The third kappa shape index (κ3) is 4.60. The Kier molecular flexibility index (Phi) is 5.53. The van der Waals surface area contributed by atoms with Crippen LogP contribution >= 0.6 is 34.9 Å². The first-order valence-electron chi connectivity index (χ1n) is 6.98. The zero-order chi connectivity index (χ0) is 15.2. The second-order valence-electron chi connectivity index (χ2n) is 4.88. The molecule has 0 N–H and O–H groups in total. The SMILES string of the molecule is Cc1ccc(CSc2nnc(SCc3ccccc3)s2)cc1. The van der Waals surface area contributed by atoms with Crippen molar-refractivity contribution in [1.82, 2.24) is 10.2 Å². The summed E-state index contributed by atoms with van der Waals surface area (Å²) in [6.45, 7) is 2.11. The van der Waals surface area contributed by atoms with Gasteiger partial charge >= 0.3 is 0 Å². The smallest absolute Gasteiger partial charge is 0.131 e. The number of aromatic nitrogens is 2. The van der Waals surface area contributed by atoms with E-state index in [0.717, 1.165) is 20.2 Å². The van der Waals surface area contributed by atoms with Crippen LogP contribution < -0.4 is 0 Å². The minimum atomic E-state index is 0.943. The molecule has 3 aromatic rings. The van der Waals surface area contributed by atoms with Gasteiger partial charge in [-0.1, -0.05) is 95.0 Å². The van der Waals surface area contributed by atoms with Gasteiger partial charge in [-0.25, -0.2) is 0 Å². The summed E-state index contributed by atoms with van der Waals surface area (Å²) in [5.41, 5.74) is 3.94. The second-order valence-corrected chi connectivity index (χ2v) is 8.30. The van der Waals surface area contributed by atoms with Crippen LogP contribution in [0.1, 0.15) is 16.7 Å². The van der Waals surface area contributed by atoms with E-state index in [1.54, 1.807) is 34.9 Å². The van der Waals surface area contributed by atoms with Crippen LogP contribution in [-0.2, 0) is 11.5 Å². The van der Waals surface area contributed by atoms with E-state index in [-0.39, 0.29) is 0 Å². The lowest BCUT2D eigenvalue weighted by molar-refractivity contribution is 0.954. The van der Waals surface area contributed by atoms with Crippen LogP contribution in [0, 0.1) is 6.92 Å². The molecule has 0 radical (unpaired) electrons. The maximum Gasteiger partial charge on any atom is 0.175 e. The lowest BCUT2D eigenvalue weighted by atomic mass is 10.2. The number of benzene rings is 2. The minimum absolute atomic E-state index is 0.943. The number of hydrogen-bond acceptors (Lipinski definition) is 5. The number of thioether (sulfide) groups is 2. The molecule has 5 heteroatoms. The summed E-state index contributed by atoms with van der Waals surface area (Å²) >= 11 is 5.18. The summed E-state index contributed by atoms with van der Waals surface area (Å²) in [6, 6.07) is 19.1. The van der Waals surface area contributed by atoms with Gasteiger partial charge in [0.15, 0.2) is 8.68 Å². The molecule has 0 aliphatic heterocycles. The van der Waals surface area contributed by atoms with Gasteiger partial charge in [0.2, 0.25) is 0 Å². The molecule has 2 nitrogen and oxygen atoms in total. The Morgan fingerprint density at radius 1 is 0.773 bits per heavy atom. The molecular weight excluding hydrogens is 328 g/mol. The zero-order valence-corrected chi connectivity index (χ0v) is 14.7. The van der Waals surface area contributed by atoms with Crippen LogP contribution in [0.4, 0.5) is 0 Å². The highest BCUT2D eigenvalue weighted by Gasteiger charge is 2.06. The van der Waals surface area contributed by atoms with E-state index in [4.69, 9.17) is 0 Å². The van der Waals surface area contributed by atoms with Crippen LogP contribution in [0.15, 0.2) is 63.3 Å². The first-order chi connectivity index (χ1) is 10.8. The molecule has 0 spiro atoms. The predicted molar refractivity (Wildman–Crippen MR) is 96.7 cm³/mol. The number of aryl methyl sites for hydroxylation is 1. The second kappa shape index (κ2) is 7.81. The molecule has 0 amide bonds.